The van der Waals surface area contributed by atoms with Gasteiger partial charge in [-0.3, -0.25) is 4.79 Å². The molecule has 2 aromatic rings. The number of furan rings is 1. The fourth-order valence-corrected chi connectivity index (χ4v) is 3.56. The molecule has 2 aliphatic rings. The van der Waals surface area contributed by atoms with Crippen LogP contribution >= 0.6 is 0 Å². The number of aryl methyl sites for hydroxylation is 1. The van der Waals surface area contributed by atoms with Gasteiger partial charge in [0.15, 0.2) is 5.76 Å². The Balaban J connectivity index is 1.49. The summed E-state index contributed by atoms with van der Waals surface area (Å²) < 4.78 is 17.4. The topological polar surface area (TPSA) is 64.8 Å². The minimum atomic E-state index is -0.124. The number of carbonyl (C=O) groups excluding carboxylic acids is 1. The van der Waals surface area contributed by atoms with Gasteiger partial charge in [-0.1, -0.05) is 6.07 Å². The zero-order valence-corrected chi connectivity index (χ0v) is 13.6. The van der Waals surface area contributed by atoms with E-state index >= 15 is 0 Å². The molecule has 1 aliphatic heterocycles. The SMILES string of the molecule is Cc1ccc(C(=O)N2CCO[C@H]3[C@H]2CC[C@H]3Oc2ccccn2)o1. The van der Waals surface area contributed by atoms with E-state index in [1.54, 1.807) is 12.3 Å². The van der Waals surface area contributed by atoms with E-state index in [0.717, 1.165) is 18.6 Å². The van der Waals surface area contributed by atoms with Crippen LogP contribution in [0.1, 0.15) is 29.2 Å². The molecule has 24 heavy (non-hydrogen) atoms. The number of hydrogen-bond donors (Lipinski definition) is 0. The number of nitrogens with zero attached hydrogens (tertiary/aromatic N) is 2. The lowest BCUT2D eigenvalue weighted by atomic mass is 10.1. The zero-order chi connectivity index (χ0) is 16.5. The lowest BCUT2D eigenvalue weighted by Crippen LogP contribution is -2.54. The lowest BCUT2D eigenvalue weighted by molar-refractivity contribution is -0.0798. The van der Waals surface area contributed by atoms with Crippen LogP contribution in [-0.4, -0.2) is 47.2 Å². The summed E-state index contributed by atoms with van der Waals surface area (Å²) in [6.45, 7) is 2.93. The quantitative estimate of drug-likeness (QED) is 0.866. The third kappa shape index (κ3) is 2.78. The van der Waals surface area contributed by atoms with Crippen LogP contribution in [0.15, 0.2) is 40.9 Å². The summed E-state index contributed by atoms with van der Waals surface area (Å²) in [7, 11) is 0. The first-order valence-electron chi connectivity index (χ1n) is 8.29. The molecule has 3 atom stereocenters. The highest BCUT2D eigenvalue weighted by molar-refractivity contribution is 5.92. The van der Waals surface area contributed by atoms with Crippen LogP contribution in [0.3, 0.4) is 0 Å². The number of carbonyl (C=O) groups is 1. The van der Waals surface area contributed by atoms with Crippen molar-refractivity contribution >= 4 is 5.91 Å². The van der Waals surface area contributed by atoms with Crippen molar-refractivity contribution in [2.24, 2.45) is 0 Å². The Hall–Kier alpha value is -2.34. The first kappa shape index (κ1) is 15.2. The van der Waals surface area contributed by atoms with E-state index in [4.69, 9.17) is 13.9 Å². The standard InChI is InChI=1S/C18H20N2O4/c1-12-5-7-15(23-12)18(21)20-10-11-22-17-13(20)6-8-14(17)24-16-4-2-3-9-19-16/h2-5,7,9,13-14,17H,6,8,10-11H2,1H3/t13-,14-,17+/m1/s1. The van der Waals surface area contributed by atoms with Crippen molar-refractivity contribution in [2.45, 2.75) is 38.0 Å². The van der Waals surface area contributed by atoms with Crippen LogP contribution in [0.2, 0.25) is 0 Å². The summed E-state index contributed by atoms with van der Waals surface area (Å²) in [6, 6.07) is 9.15. The lowest BCUT2D eigenvalue weighted by Gasteiger charge is -2.38. The van der Waals surface area contributed by atoms with Crippen LogP contribution in [0.4, 0.5) is 0 Å². The second kappa shape index (κ2) is 6.28. The van der Waals surface area contributed by atoms with Gasteiger partial charge in [0.2, 0.25) is 5.88 Å². The molecule has 1 amide bonds. The molecule has 0 spiro atoms. The predicted octanol–water partition coefficient (Wildman–Crippen LogP) is 2.43. The molecule has 0 radical (unpaired) electrons. The number of pyridine rings is 1. The van der Waals surface area contributed by atoms with Gasteiger partial charge in [0.05, 0.1) is 12.6 Å². The smallest absolute Gasteiger partial charge is 0.289 e. The van der Waals surface area contributed by atoms with E-state index < -0.39 is 0 Å². The average molecular weight is 328 g/mol. The maximum atomic E-state index is 12.7. The van der Waals surface area contributed by atoms with Crippen LogP contribution < -0.4 is 4.74 Å². The first-order valence-corrected chi connectivity index (χ1v) is 8.29. The molecule has 0 bridgehead atoms. The monoisotopic (exact) mass is 328 g/mol. The highest BCUT2D eigenvalue weighted by Crippen LogP contribution is 2.33. The number of aromatic nitrogens is 1. The molecule has 4 rings (SSSR count). The van der Waals surface area contributed by atoms with E-state index in [-0.39, 0.29) is 24.2 Å². The van der Waals surface area contributed by atoms with Crippen LogP contribution in [0.25, 0.3) is 0 Å². The summed E-state index contributed by atoms with van der Waals surface area (Å²) in [6.07, 6.45) is 3.19. The number of fused-ring (bicyclic) bond motifs is 1. The Morgan fingerprint density at radius 2 is 2.21 bits per heavy atom. The Morgan fingerprint density at radius 3 is 2.96 bits per heavy atom. The fraction of sp³-hybridized carbons (Fsp3) is 0.444. The minimum absolute atomic E-state index is 0.0189. The third-order valence-corrected chi connectivity index (χ3v) is 4.66. The molecule has 2 aromatic heterocycles. The molecule has 0 unspecified atom stereocenters. The van der Waals surface area contributed by atoms with E-state index in [9.17, 15) is 4.79 Å². The van der Waals surface area contributed by atoms with E-state index in [1.807, 2.05) is 36.1 Å². The zero-order valence-electron chi connectivity index (χ0n) is 13.6. The van der Waals surface area contributed by atoms with Crippen LogP contribution in [0, 0.1) is 6.92 Å². The maximum absolute atomic E-state index is 12.7. The van der Waals surface area contributed by atoms with Gasteiger partial charge in [-0.15, -0.1) is 0 Å². The first-order chi connectivity index (χ1) is 11.7. The molecule has 0 N–H and O–H groups in total. The van der Waals surface area contributed by atoms with E-state index in [0.29, 0.717) is 24.8 Å². The van der Waals surface area contributed by atoms with Crippen molar-refractivity contribution in [2.75, 3.05) is 13.2 Å². The molecular formula is C18H20N2O4. The third-order valence-electron chi connectivity index (χ3n) is 4.66. The van der Waals surface area contributed by atoms with Gasteiger partial charge in [-0.05, 0) is 38.0 Å². The number of morpholine rings is 1. The van der Waals surface area contributed by atoms with Gasteiger partial charge in [0, 0.05) is 18.8 Å². The summed E-state index contributed by atoms with van der Waals surface area (Å²) in [5.74, 6) is 1.66. The van der Waals surface area contributed by atoms with Crippen molar-refractivity contribution in [3.05, 3.63) is 48.0 Å². The Morgan fingerprint density at radius 1 is 1.29 bits per heavy atom. The summed E-state index contributed by atoms with van der Waals surface area (Å²) >= 11 is 0. The minimum Gasteiger partial charge on any atom is -0.471 e. The average Bonchev–Trinajstić information content (AvgIpc) is 3.22. The fourth-order valence-electron chi connectivity index (χ4n) is 3.56. The molecule has 2 fully saturated rings. The Bertz CT molecular complexity index is 715. The highest BCUT2D eigenvalue weighted by atomic mass is 16.5. The van der Waals surface area contributed by atoms with Crippen LogP contribution in [0.5, 0.6) is 5.88 Å². The predicted molar refractivity (Wildman–Crippen MR) is 85.9 cm³/mol. The number of ether oxygens (including phenoxy) is 2. The molecule has 6 heteroatoms. The highest BCUT2D eigenvalue weighted by Gasteiger charge is 2.46. The summed E-state index contributed by atoms with van der Waals surface area (Å²) in [5.41, 5.74) is 0. The number of amides is 1. The largest absolute Gasteiger partial charge is 0.471 e. The normalized spacial score (nSPS) is 26.2. The van der Waals surface area contributed by atoms with Crippen molar-refractivity contribution in [3.8, 4) is 5.88 Å². The molecule has 1 saturated heterocycles. The van der Waals surface area contributed by atoms with E-state index in [1.165, 1.54) is 0 Å². The van der Waals surface area contributed by atoms with Gasteiger partial charge in [0.1, 0.15) is 18.0 Å². The molecule has 3 heterocycles. The van der Waals surface area contributed by atoms with E-state index in [2.05, 4.69) is 4.98 Å². The molecule has 1 saturated carbocycles. The molecule has 6 nitrogen and oxygen atoms in total. The maximum Gasteiger partial charge on any atom is 0.289 e. The molecular weight excluding hydrogens is 308 g/mol. The Kier molecular flexibility index (Phi) is 3.98. The van der Waals surface area contributed by atoms with Crippen molar-refractivity contribution in [1.29, 1.82) is 0 Å². The number of rotatable bonds is 3. The van der Waals surface area contributed by atoms with Crippen molar-refractivity contribution in [1.82, 2.24) is 9.88 Å². The number of hydrogen-bond acceptors (Lipinski definition) is 5. The van der Waals surface area contributed by atoms with Crippen LogP contribution in [-0.2, 0) is 4.74 Å². The molecule has 126 valence electrons. The van der Waals surface area contributed by atoms with Gasteiger partial charge in [-0.25, -0.2) is 4.98 Å². The van der Waals surface area contributed by atoms with Crippen molar-refractivity contribution in [3.63, 3.8) is 0 Å². The Labute approximate surface area is 140 Å². The van der Waals surface area contributed by atoms with Gasteiger partial charge < -0.3 is 18.8 Å². The summed E-state index contributed by atoms with van der Waals surface area (Å²) in [4.78, 5) is 18.8. The van der Waals surface area contributed by atoms with Gasteiger partial charge in [0.25, 0.3) is 5.91 Å². The molecule has 1 aliphatic carbocycles. The van der Waals surface area contributed by atoms with Crippen molar-refractivity contribution < 1.29 is 18.7 Å². The van der Waals surface area contributed by atoms with Gasteiger partial charge >= 0.3 is 0 Å². The summed E-state index contributed by atoms with van der Waals surface area (Å²) in [5, 5.41) is 0. The van der Waals surface area contributed by atoms with Gasteiger partial charge in [-0.2, -0.15) is 0 Å². The molecule has 0 aromatic carbocycles. The second-order valence-corrected chi connectivity index (χ2v) is 6.21. The second-order valence-electron chi connectivity index (χ2n) is 6.21.